The minimum atomic E-state index is -4.91. The fraction of sp³-hybridized carbons (Fsp3) is 0.400. The van der Waals surface area contributed by atoms with Crippen LogP contribution in [0.4, 0.5) is 26.3 Å². The third kappa shape index (κ3) is 3.68. The Labute approximate surface area is 128 Å². The molecule has 0 amide bonds. The predicted molar refractivity (Wildman–Crippen MR) is 72.3 cm³/mol. The summed E-state index contributed by atoms with van der Waals surface area (Å²) in [6.45, 7) is 5.49. The zero-order valence-corrected chi connectivity index (χ0v) is 12.5. The average Bonchev–Trinajstić information content (AvgIpc) is 2.85. The molecule has 0 bridgehead atoms. The molecule has 126 valence electrons. The van der Waals surface area contributed by atoms with Crippen LogP contribution in [0.3, 0.4) is 0 Å². The van der Waals surface area contributed by atoms with Gasteiger partial charge in [0.05, 0.1) is 28.8 Å². The molecule has 0 spiro atoms. The van der Waals surface area contributed by atoms with Crippen LogP contribution in [-0.4, -0.2) is 9.55 Å². The predicted octanol–water partition coefficient (Wildman–Crippen LogP) is 5.21. The number of aromatic nitrogens is 2. The molecule has 0 aliphatic rings. The Kier molecular flexibility index (Phi) is 3.99. The van der Waals surface area contributed by atoms with Gasteiger partial charge < -0.3 is 4.57 Å². The maximum absolute atomic E-state index is 13.1. The van der Waals surface area contributed by atoms with Gasteiger partial charge in [0.2, 0.25) is 0 Å². The lowest BCUT2D eigenvalue weighted by Gasteiger charge is -2.17. The highest BCUT2D eigenvalue weighted by atomic mass is 19.4. The topological polar surface area (TPSA) is 17.8 Å². The summed E-state index contributed by atoms with van der Waals surface area (Å²) in [7, 11) is 0. The second kappa shape index (κ2) is 5.28. The number of rotatable bonds is 1. The molecule has 1 aromatic heterocycles. The highest BCUT2D eigenvalue weighted by Gasteiger charge is 2.38. The molecular formula is C15H14F6N2. The highest BCUT2D eigenvalue weighted by molar-refractivity contribution is 5.46. The van der Waals surface area contributed by atoms with Gasteiger partial charge in [-0.2, -0.15) is 26.3 Å². The van der Waals surface area contributed by atoms with Crippen LogP contribution >= 0.6 is 0 Å². The fourth-order valence-corrected chi connectivity index (χ4v) is 2.01. The van der Waals surface area contributed by atoms with Crippen molar-refractivity contribution >= 4 is 0 Å². The molecule has 1 aromatic carbocycles. The van der Waals surface area contributed by atoms with Gasteiger partial charge in [0.15, 0.2) is 0 Å². The normalized spacial score (nSPS) is 13.4. The number of hydrogen-bond donors (Lipinski definition) is 0. The first-order valence-corrected chi connectivity index (χ1v) is 6.63. The van der Waals surface area contributed by atoms with Gasteiger partial charge in [-0.25, -0.2) is 4.98 Å². The van der Waals surface area contributed by atoms with E-state index in [9.17, 15) is 26.3 Å². The fourth-order valence-electron chi connectivity index (χ4n) is 2.01. The van der Waals surface area contributed by atoms with E-state index in [4.69, 9.17) is 0 Å². The molecule has 0 unspecified atom stereocenters. The zero-order valence-electron chi connectivity index (χ0n) is 12.5. The number of nitrogens with zero attached hydrogens (tertiary/aromatic N) is 2. The Balaban J connectivity index is 2.61. The molecule has 23 heavy (non-hydrogen) atoms. The molecule has 2 nitrogen and oxygen atoms in total. The zero-order chi connectivity index (χ0) is 17.6. The van der Waals surface area contributed by atoms with Crippen molar-refractivity contribution in [1.29, 1.82) is 0 Å². The highest BCUT2D eigenvalue weighted by Crippen LogP contribution is 2.38. The molecule has 0 atom stereocenters. The first-order valence-electron chi connectivity index (χ1n) is 6.63. The standard InChI is InChI=1S/C15H14F6N2/c1-13(2,3)12-7-23(8-22-12)11-5-4-9(14(16,17)18)6-10(11)15(19,20)21/h4-8H,1-3H3. The number of benzene rings is 1. The Morgan fingerprint density at radius 1 is 0.913 bits per heavy atom. The van der Waals surface area contributed by atoms with Crippen molar-refractivity contribution in [3.8, 4) is 5.69 Å². The second-order valence-corrected chi connectivity index (χ2v) is 6.14. The van der Waals surface area contributed by atoms with E-state index >= 15 is 0 Å². The van der Waals surface area contributed by atoms with E-state index in [-0.39, 0.29) is 6.07 Å². The Bertz CT molecular complexity index is 704. The first kappa shape index (κ1) is 17.4. The molecule has 2 aromatic rings. The summed E-state index contributed by atoms with van der Waals surface area (Å²) in [5, 5.41) is 0. The average molecular weight is 336 g/mol. The van der Waals surface area contributed by atoms with Gasteiger partial charge in [0, 0.05) is 11.6 Å². The molecule has 8 heteroatoms. The third-order valence-corrected chi connectivity index (χ3v) is 3.26. The molecule has 0 saturated carbocycles. The monoisotopic (exact) mass is 336 g/mol. The van der Waals surface area contributed by atoms with Crippen molar-refractivity contribution in [2.24, 2.45) is 0 Å². The van der Waals surface area contributed by atoms with E-state index in [0.29, 0.717) is 11.8 Å². The maximum atomic E-state index is 13.1. The summed E-state index contributed by atoms with van der Waals surface area (Å²) >= 11 is 0. The molecule has 0 aliphatic carbocycles. The van der Waals surface area contributed by atoms with Crippen molar-refractivity contribution in [2.45, 2.75) is 38.5 Å². The van der Waals surface area contributed by atoms with Crippen LogP contribution < -0.4 is 0 Å². The van der Waals surface area contributed by atoms with Crippen molar-refractivity contribution < 1.29 is 26.3 Å². The molecular weight excluding hydrogens is 322 g/mol. The summed E-state index contributed by atoms with van der Waals surface area (Å²) in [6.07, 6.45) is -7.21. The minimum Gasteiger partial charge on any atom is -0.305 e. The quantitative estimate of drug-likeness (QED) is 0.654. The van der Waals surface area contributed by atoms with Crippen LogP contribution in [0.1, 0.15) is 37.6 Å². The number of halogens is 6. The number of hydrogen-bond acceptors (Lipinski definition) is 1. The molecule has 1 heterocycles. The van der Waals surface area contributed by atoms with Crippen molar-refractivity contribution in [3.63, 3.8) is 0 Å². The van der Waals surface area contributed by atoms with Gasteiger partial charge in [-0.15, -0.1) is 0 Å². The maximum Gasteiger partial charge on any atom is 0.418 e. The van der Waals surface area contributed by atoms with E-state index in [1.165, 1.54) is 12.5 Å². The molecule has 0 aliphatic heterocycles. The Hall–Kier alpha value is -1.99. The second-order valence-electron chi connectivity index (χ2n) is 6.14. The Morgan fingerprint density at radius 3 is 1.96 bits per heavy atom. The van der Waals surface area contributed by atoms with E-state index < -0.39 is 34.6 Å². The van der Waals surface area contributed by atoms with Gasteiger partial charge in [-0.1, -0.05) is 20.8 Å². The number of alkyl halides is 6. The minimum absolute atomic E-state index is 0.117. The lowest BCUT2D eigenvalue weighted by molar-refractivity contribution is -0.143. The van der Waals surface area contributed by atoms with Gasteiger partial charge >= 0.3 is 12.4 Å². The summed E-state index contributed by atoms with van der Waals surface area (Å²) in [5.74, 6) is 0. The van der Waals surface area contributed by atoms with Crippen LogP contribution in [0.15, 0.2) is 30.7 Å². The summed E-state index contributed by atoms with van der Waals surface area (Å²) in [4.78, 5) is 4.03. The molecule has 0 fully saturated rings. The van der Waals surface area contributed by atoms with E-state index in [1.54, 1.807) is 0 Å². The first-order chi connectivity index (χ1) is 10.3. The van der Waals surface area contributed by atoms with Gasteiger partial charge in [-0.05, 0) is 18.2 Å². The van der Waals surface area contributed by atoms with Crippen LogP contribution in [0.25, 0.3) is 5.69 Å². The smallest absolute Gasteiger partial charge is 0.305 e. The van der Waals surface area contributed by atoms with Gasteiger partial charge in [-0.3, -0.25) is 0 Å². The van der Waals surface area contributed by atoms with Gasteiger partial charge in [0.25, 0.3) is 0 Å². The summed E-state index contributed by atoms with van der Waals surface area (Å²) in [5.41, 5.74) is -2.95. The Morgan fingerprint density at radius 2 is 1.52 bits per heavy atom. The summed E-state index contributed by atoms with van der Waals surface area (Å²) < 4.78 is 78.5. The molecule has 0 saturated heterocycles. The largest absolute Gasteiger partial charge is 0.418 e. The van der Waals surface area contributed by atoms with Crippen LogP contribution in [0, 0.1) is 0 Å². The van der Waals surface area contributed by atoms with E-state index in [2.05, 4.69) is 4.98 Å². The van der Waals surface area contributed by atoms with Crippen LogP contribution in [0.2, 0.25) is 0 Å². The van der Waals surface area contributed by atoms with Gasteiger partial charge in [0.1, 0.15) is 0 Å². The van der Waals surface area contributed by atoms with Crippen molar-refractivity contribution in [3.05, 3.63) is 47.5 Å². The van der Waals surface area contributed by atoms with Crippen LogP contribution in [-0.2, 0) is 17.8 Å². The van der Waals surface area contributed by atoms with Crippen molar-refractivity contribution in [2.75, 3.05) is 0 Å². The lowest BCUT2D eigenvalue weighted by atomic mass is 9.93. The van der Waals surface area contributed by atoms with E-state index in [0.717, 1.165) is 10.6 Å². The summed E-state index contributed by atoms with van der Waals surface area (Å²) in [6, 6.07) is 1.55. The molecule has 0 N–H and O–H groups in total. The molecule has 0 radical (unpaired) electrons. The van der Waals surface area contributed by atoms with Crippen molar-refractivity contribution in [1.82, 2.24) is 9.55 Å². The third-order valence-electron chi connectivity index (χ3n) is 3.26. The number of imidazole rings is 1. The SMILES string of the molecule is CC(C)(C)c1cn(-c2ccc(C(F)(F)F)cc2C(F)(F)F)cn1. The lowest BCUT2D eigenvalue weighted by Crippen LogP contribution is -2.14. The van der Waals surface area contributed by atoms with Crippen LogP contribution in [0.5, 0.6) is 0 Å². The molecule has 2 rings (SSSR count). The van der Waals surface area contributed by atoms with E-state index in [1.807, 2.05) is 20.8 Å².